The third-order valence-electron chi connectivity index (χ3n) is 5.94. The molecule has 0 spiro atoms. The summed E-state index contributed by atoms with van der Waals surface area (Å²) in [4.78, 5) is 29.2. The van der Waals surface area contributed by atoms with Gasteiger partial charge in [-0.3, -0.25) is 9.59 Å². The van der Waals surface area contributed by atoms with Crippen LogP contribution in [-0.4, -0.2) is 57.6 Å². The summed E-state index contributed by atoms with van der Waals surface area (Å²) in [5.74, 6) is -0.394. The molecule has 1 aliphatic rings. The van der Waals surface area contributed by atoms with E-state index in [1.807, 2.05) is 23.1 Å². The van der Waals surface area contributed by atoms with Gasteiger partial charge in [0.1, 0.15) is 11.5 Å². The molecule has 2 amide bonds. The highest BCUT2D eigenvalue weighted by molar-refractivity contribution is 5.95. The number of rotatable bonds is 6. The van der Waals surface area contributed by atoms with Crippen LogP contribution in [0.5, 0.6) is 0 Å². The van der Waals surface area contributed by atoms with E-state index in [2.05, 4.69) is 17.2 Å². The molecular weight excluding hydrogens is 407 g/mol. The van der Waals surface area contributed by atoms with Crippen molar-refractivity contribution < 1.29 is 14.0 Å². The van der Waals surface area contributed by atoms with Gasteiger partial charge >= 0.3 is 0 Å². The highest BCUT2D eigenvalue weighted by Crippen LogP contribution is 2.19. The minimum atomic E-state index is -0.392. The Morgan fingerprint density at radius 2 is 1.59 bits per heavy atom. The van der Waals surface area contributed by atoms with Gasteiger partial charge in [-0.2, -0.15) is 5.10 Å². The molecule has 6 nitrogen and oxygen atoms in total. The molecule has 1 aromatic heterocycles. The van der Waals surface area contributed by atoms with Crippen LogP contribution in [0.25, 0.3) is 5.69 Å². The maximum atomic E-state index is 14.1. The van der Waals surface area contributed by atoms with Gasteiger partial charge in [0.05, 0.1) is 17.5 Å². The first kappa shape index (κ1) is 21.7. The molecule has 0 aliphatic carbocycles. The van der Waals surface area contributed by atoms with Crippen LogP contribution in [0.1, 0.15) is 34.5 Å². The summed E-state index contributed by atoms with van der Waals surface area (Å²) >= 11 is 0. The van der Waals surface area contributed by atoms with E-state index in [-0.39, 0.29) is 11.8 Å². The maximum Gasteiger partial charge on any atom is 0.257 e. The molecule has 32 heavy (non-hydrogen) atoms. The smallest absolute Gasteiger partial charge is 0.257 e. The second-order valence-electron chi connectivity index (χ2n) is 8.02. The van der Waals surface area contributed by atoms with Crippen molar-refractivity contribution in [1.82, 2.24) is 19.6 Å². The van der Waals surface area contributed by atoms with E-state index in [0.29, 0.717) is 49.5 Å². The molecule has 0 saturated carbocycles. The second kappa shape index (κ2) is 9.77. The van der Waals surface area contributed by atoms with E-state index in [1.165, 1.54) is 22.5 Å². The molecule has 1 aliphatic heterocycles. The number of hydrogen-bond donors (Lipinski definition) is 0. The zero-order valence-corrected chi connectivity index (χ0v) is 18.2. The Labute approximate surface area is 187 Å². The van der Waals surface area contributed by atoms with Crippen LogP contribution < -0.4 is 0 Å². The van der Waals surface area contributed by atoms with Crippen molar-refractivity contribution in [2.24, 2.45) is 0 Å². The fourth-order valence-corrected chi connectivity index (χ4v) is 4.06. The van der Waals surface area contributed by atoms with Crippen LogP contribution in [0.15, 0.2) is 60.8 Å². The van der Waals surface area contributed by atoms with Crippen molar-refractivity contribution in [2.45, 2.75) is 26.2 Å². The van der Waals surface area contributed by atoms with Crippen LogP contribution in [0.4, 0.5) is 4.39 Å². The molecule has 1 fully saturated rings. The number of benzene rings is 2. The van der Waals surface area contributed by atoms with Gasteiger partial charge in [-0.1, -0.05) is 42.5 Å². The van der Waals surface area contributed by atoms with Gasteiger partial charge in [0.2, 0.25) is 5.91 Å². The molecule has 0 atom stereocenters. The summed E-state index contributed by atoms with van der Waals surface area (Å²) in [6, 6.07) is 16.5. The summed E-state index contributed by atoms with van der Waals surface area (Å²) < 4.78 is 15.6. The number of piperazine rings is 1. The summed E-state index contributed by atoms with van der Waals surface area (Å²) in [5.41, 5.74) is 2.60. The van der Waals surface area contributed by atoms with Gasteiger partial charge in [-0.25, -0.2) is 9.07 Å². The average molecular weight is 435 g/mol. The zero-order valence-electron chi connectivity index (χ0n) is 18.2. The fraction of sp³-hybridized carbons (Fsp3) is 0.320. The van der Waals surface area contributed by atoms with Gasteiger partial charge in [0.15, 0.2) is 0 Å². The summed E-state index contributed by atoms with van der Waals surface area (Å²) in [6.45, 7) is 3.77. The van der Waals surface area contributed by atoms with Crippen LogP contribution in [0.3, 0.4) is 0 Å². The molecule has 166 valence electrons. The van der Waals surface area contributed by atoms with E-state index in [4.69, 9.17) is 0 Å². The first-order valence-electron chi connectivity index (χ1n) is 10.9. The van der Waals surface area contributed by atoms with Gasteiger partial charge in [0, 0.05) is 32.6 Å². The van der Waals surface area contributed by atoms with E-state index in [9.17, 15) is 14.0 Å². The molecule has 7 heteroatoms. The number of aryl methyl sites for hydroxylation is 1. The summed E-state index contributed by atoms with van der Waals surface area (Å²) in [5, 5.41) is 4.23. The Kier molecular flexibility index (Phi) is 6.63. The van der Waals surface area contributed by atoms with E-state index >= 15 is 0 Å². The quantitative estimate of drug-likeness (QED) is 0.595. The zero-order chi connectivity index (χ0) is 22.5. The Morgan fingerprint density at radius 3 is 2.31 bits per heavy atom. The van der Waals surface area contributed by atoms with Crippen molar-refractivity contribution in [1.29, 1.82) is 0 Å². The molecule has 1 saturated heterocycles. The average Bonchev–Trinajstić information content (AvgIpc) is 3.20. The largest absolute Gasteiger partial charge is 0.339 e. The van der Waals surface area contributed by atoms with Crippen LogP contribution in [0.2, 0.25) is 0 Å². The third kappa shape index (κ3) is 4.72. The highest BCUT2D eigenvalue weighted by atomic mass is 19.1. The fourth-order valence-electron chi connectivity index (χ4n) is 4.06. The lowest BCUT2D eigenvalue weighted by Gasteiger charge is -2.34. The topological polar surface area (TPSA) is 58.4 Å². The Balaban J connectivity index is 1.31. The molecule has 2 heterocycles. The van der Waals surface area contributed by atoms with Crippen molar-refractivity contribution in [3.63, 3.8) is 0 Å². The Bertz CT molecular complexity index is 1090. The predicted molar refractivity (Wildman–Crippen MR) is 120 cm³/mol. The molecule has 0 radical (unpaired) electrons. The molecule has 0 unspecified atom stereocenters. The number of para-hydroxylation sites is 1. The number of halogens is 1. The van der Waals surface area contributed by atoms with E-state index in [1.54, 1.807) is 30.0 Å². The number of aromatic nitrogens is 2. The van der Waals surface area contributed by atoms with Gasteiger partial charge in [-0.15, -0.1) is 0 Å². The lowest BCUT2D eigenvalue weighted by molar-refractivity contribution is -0.132. The monoisotopic (exact) mass is 434 g/mol. The number of carbonyl (C=O) groups is 2. The number of amides is 2. The first-order chi connectivity index (χ1) is 15.5. The van der Waals surface area contributed by atoms with E-state index < -0.39 is 5.82 Å². The molecule has 3 aromatic rings. The SMILES string of the molecule is Cc1c(C(=O)N2CCN(C(=O)CCCc3ccccc3)CC2)cnn1-c1ccccc1F. The molecular formula is C25H27FN4O2. The van der Waals surface area contributed by atoms with Crippen molar-refractivity contribution in [3.05, 3.63) is 83.4 Å². The minimum absolute atomic E-state index is 0.136. The Morgan fingerprint density at radius 1 is 0.938 bits per heavy atom. The van der Waals surface area contributed by atoms with E-state index in [0.717, 1.165) is 12.8 Å². The maximum absolute atomic E-state index is 14.1. The number of carbonyl (C=O) groups excluding carboxylic acids is 2. The molecule has 0 bridgehead atoms. The number of hydrogen-bond acceptors (Lipinski definition) is 3. The van der Waals surface area contributed by atoms with Gasteiger partial charge in [0.25, 0.3) is 5.91 Å². The van der Waals surface area contributed by atoms with Crippen molar-refractivity contribution in [3.8, 4) is 5.69 Å². The van der Waals surface area contributed by atoms with Crippen LogP contribution in [-0.2, 0) is 11.2 Å². The van der Waals surface area contributed by atoms with Gasteiger partial charge < -0.3 is 9.80 Å². The lowest BCUT2D eigenvalue weighted by Crippen LogP contribution is -2.50. The lowest BCUT2D eigenvalue weighted by atomic mass is 10.1. The number of nitrogens with zero attached hydrogens (tertiary/aromatic N) is 4. The van der Waals surface area contributed by atoms with Crippen LogP contribution >= 0.6 is 0 Å². The van der Waals surface area contributed by atoms with Gasteiger partial charge in [-0.05, 0) is 37.5 Å². The minimum Gasteiger partial charge on any atom is -0.339 e. The summed E-state index contributed by atoms with van der Waals surface area (Å²) in [6.07, 6.45) is 3.70. The standard InChI is InChI=1S/C25H27FN4O2/c1-19-21(18-27-30(19)23-12-6-5-11-22(23)26)25(32)29-16-14-28(15-17-29)24(31)13-7-10-20-8-3-2-4-9-20/h2-6,8-9,11-12,18H,7,10,13-17H2,1H3. The first-order valence-corrected chi connectivity index (χ1v) is 10.9. The molecule has 4 rings (SSSR count). The molecule has 0 N–H and O–H groups in total. The second-order valence-corrected chi connectivity index (χ2v) is 8.02. The summed E-state index contributed by atoms with van der Waals surface area (Å²) in [7, 11) is 0. The van der Waals surface area contributed by atoms with Crippen LogP contribution in [0, 0.1) is 12.7 Å². The Hall–Kier alpha value is -3.48. The molecule has 2 aromatic carbocycles. The third-order valence-corrected chi connectivity index (χ3v) is 5.94. The van der Waals surface area contributed by atoms with Crippen molar-refractivity contribution >= 4 is 11.8 Å². The highest BCUT2D eigenvalue weighted by Gasteiger charge is 2.27. The van der Waals surface area contributed by atoms with Crippen molar-refractivity contribution in [2.75, 3.05) is 26.2 Å². The normalized spacial score (nSPS) is 13.9. The predicted octanol–water partition coefficient (Wildman–Crippen LogP) is 3.63.